The topological polar surface area (TPSA) is 53.4 Å². The molecule has 0 aliphatic carbocycles. The summed E-state index contributed by atoms with van der Waals surface area (Å²) in [4.78, 5) is 17.4. The zero-order valence-electron chi connectivity index (χ0n) is 10.1. The van der Waals surface area contributed by atoms with E-state index in [9.17, 15) is 9.90 Å². The molecule has 1 saturated heterocycles. The number of hydrogen-bond acceptors (Lipinski definition) is 3. The molecule has 0 saturated carbocycles. The van der Waals surface area contributed by atoms with Gasteiger partial charge in [-0.15, -0.1) is 0 Å². The number of aryl methyl sites for hydroxylation is 1. The second-order valence-corrected chi connectivity index (χ2v) is 4.69. The third-order valence-electron chi connectivity index (χ3n) is 3.22. The van der Waals surface area contributed by atoms with Crippen molar-refractivity contribution in [3.05, 3.63) is 29.6 Å². The van der Waals surface area contributed by atoms with E-state index in [4.69, 9.17) is 0 Å². The van der Waals surface area contributed by atoms with Gasteiger partial charge in [-0.2, -0.15) is 0 Å². The third-order valence-corrected chi connectivity index (χ3v) is 3.22. The van der Waals surface area contributed by atoms with Gasteiger partial charge in [0.25, 0.3) is 0 Å². The minimum atomic E-state index is -0.703. The molecule has 0 radical (unpaired) electrons. The first kappa shape index (κ1) is 12.0. The molecular weight excluding hydrogens is 216 g/mol. The smallest absolute Gasteiger partial charge is 0.320 e. The summed E-state index contributed by atoms with van der Waals surface area (Å²) >= 11 is 0. The van der Waals surface area contributed by atoms with Crippen LogP contribution in [-0.2, 0) is 11.3 Å². The SMILES string of the molecule is Cc1cncc(CN2CCCCC2C(=O)O)c1. The summed E-state index contributed by atoms with van der Waals surface area (Å²) in [7, 11) is 0. The first-order valence-electron chi connectivity index (χ1n) is 6.04. The Morgan fingerprint density at radius 2 is 2.35 bits per heavy atom. The highest BCUT2D eigenvalue weighted by atomic mass is 16.4. The maximum Gasteiger partial charge on any atom is 0.320 e. The van der Waals surface area contributed by atoms with Gasteiger partial charge < -0.3 is 5.11 Å². The molecule has 0 spiro atoms. The highest BCUT2D eigenvalue weighted by molar-refractivity contribution is 5.73. The molecule has 17 heavy (non-hydrogen) atoms. The average molecular weight is 234 g/mol. The van der Waals surface area contributed by atoms with Gasteiger partial charge in [-0.05, 0) is 37.4 Å². The molecule has 0 aromatic carbocycles. The van der Waals surface area contributed by atoms with Gasteiger partial charge in [-0.25, -0.2) is 0 Å². The number of nitrogens with zero attached hydrogens (tertiary/aromatic N) is 2. The van der Waals surface area contributed by atoms with Crippen LogP contribution in [0.15, 0.2) is 18.5 Å². The Labute approximate surface area is 101 Å². The molecule has 1 aliphatic rings. The highest BCUT2D eigenvalue weighted by Gasteiger charge is 2.28. The summed E-state index contributed by atoms with van der Waals surface area (Å²) in [5.41, 5.74) is 2.21. The van der Waals surface area contributed by atoms with Gasteiger partial charge in [0.1, 0.15) is 6.04 Å². The Balaban J connectivity index is 2.08. The molecule has 4 nitrogen and oxygen atoms in total. The molecular formula is C13H18N2O2. The molecule has 0 amide bonds. The maximum absolute atomic E-state index is 11.2. The molecule has 92 valence electrons. The zero-order valence-corrected chi connectivity index (χ0v) is 10.1. The largest absolute Gasteiger partial charge is 0.480 e. The summed E-state index contributed by atoms with van der Waals surface area (Å²) in [6.45, 7) is 3.55. The van der Waals surface area contributed by atoms with E-state index < -0.39 is 5.97 Å². The molecule has 1 atom stereocenters. The number of aromatic nitrogens is 1. The van der Waals surface area contributed by atoms with E-state index in [1.807, 2.05) is 24.2 Å². The van der Waals surface area contributed by atoms with Crippen molar-refractivity contribution in [3.8, 4) is 0 Å². The van der Waals surface area contributed by atoms with Crippen LogP contribution in [0, 0.1) is 6.92 Å². The Bertz CT molecular complexity index is 406. The van der Waals surface area contributed by atoms with Crippen LogP contribution >= 0.6 is 0 Å². The van der Waals surface area contributed by atoms with Crippen molar-refractivity contribution in [2.75, 3.05) is 6.54 Å². The second kappa shape index (κ2) is 5.27. The molecule has 1 fully saturated rings. The predicted octanol–water partition coefficient (Wildman–Crippen LogP) is 1.83. The number of piperidine rings is 1. The summed E-state index contributed by atoms with van der Waals surface area (Å²) < 4.78 is 0. The Morgan fingerprint density at radius 3 is 3.06 bits per heavy atom. The zero-order chi connectivity index (χ0) is 12.3. The van der Waals surface area contributed by atoms with E-state index in [2.05, 4.69) is 11.1 Å². The fourth-order valence-electron chi connectivity index (χ4n) is 2.40. The molecule has 1 N–H and O–H groups in total. The van der Waals surface area contributed by atoms with Crippen LogP contribution in [0.1, 0.15) is 30.4 Å². The van der Waals surface area contributed by atoms with Crippen molar-refractivity contribution < 1.29 is 9.90 Å². The molecule has 1 aromatic heterocycles. The van der Waals surface area contributed by atoms with Crippen LogP contribution in [-0.4, -0.2) is 33.5 Å². The van der Waals surface area contributed by atoms with E-state index >= 15 is 0 Å². The van der Waals surface area contributed by atoms with Crippen LogP contribution in [0.5, 0.6) is 0 Å². The van der Waals surface area contributed by atoms with E-state index in [0.717, 1.165) is 36.9 Å². The number of pyridine rings is 1. The van der Waals surface area contributed by atoms with Crippen LogP contribution < -0.4 is 0 Å². The summed E-state index contributed by atoms with van der Waals surface area (Å²) in [5, 5.41) is 9.18. The van der Waals surface area contributed by atoms with Gasteiger partial charge in [0.2, 0.25) is 0 Å². The molecule has 4 heteroatoms. The Hall–Kier alpha value is -1.42. The van der Waals surface area contributed by atoms with Gasteiger partial charge in [0, 0.05) is 18.9 Å². The van der Waals surface area contributed by atoms with Crippen molar-refractivity contribution in [2.45, 2.75) is 38.8 Å². The van der Waals surface area contributed by atoms with Crippen LogP contribution in [0.3, 0.4) is 0 Å². The predicted molar refractivity (Wildman–Crippen MR) is 64.7 cm³/mol. The lowest BCUT2D eigenvalue weighted by molar-refractivity contribution is -0.144. The average Bonchev–Trinajstić information content (AvgIpc) is 2.29. The first-order valence-corrected chi connectivity index (χ1v) is 6.04. The molecule has 1 aromatic rings. The van der Waals surface area contributed by atoms with Crippen LogP contribution in [0.25, 0.3) is 0 Å². The first-order chi connectivity index (χ1) is 8.16. The summed E-state index contributed by atoms with van der Waals surface area (Å²) in [5.74, 6) is -0.703. The van der Waals surface area contributed by atoms with Gasteiger partial charge >= 0.3 is 5.97 Å². The fourth-order valence-corrected chi connectivity index (χ4v) is 2.40. The quantitative estimate of drug-likeness (QED) is 0.867. The molecule has 1 unspecified atom stereocenters. The maximum atomic E-state index is 11.2. The minimum absolute atomic E-state index is 0.329. The monoisotopic (exact) mass is 234 g/mol. The minimum Gasteiger partial charge on any atom is -0.480 e. The second-order valence-electron chi connectivity index (χ2n) is 4.69. The van der Waals surface area contributed by atoms with Crippen LogP contribution in [0.2, 0.25) is 0 Å². The van der Waals surface area contributed by atoms with Crippen molar-refractivity contribution in [1.82, 2.24) is 9.88 Å². The van der Waals surface area contributed by atoms with Crippen molar-refractivity contribution >= 4 is 5.97 Å². The molecule has 0 bridgehead atoms. The van der Waals surface area contributed by atoms with E-state index in [1.165, 1.54) is 0 Å². The number of aliphatic carboxylic acids is 1. The van der Waals surface area contributed by atoms with Gasteiger partial charge in [0.05, 0.1) is 0 Å². The Kier molecular flexibility index (Phi) is 3.74. The third kappa shape index (κ3) is 3.03. The van der Waals surface area contributed by atoms with Crippen molar-refractivity contribution in [2.24, 2.45) is 0 Å². The van der Waals surface area contributed by atoms with E-state index in [0.29, 0.717) is 6.54 Å². The number of carbonyl (C=O) groups is 1. The highest BCUT2D eigenvalue weighted by Crippen LogP contribution is 2.19. The number of carboxylic acids is 1. The number of likely N-dealkylation sites (tertiary alicyclic amines) is 1. The van der Waals surface area contributed by atoms with E-state index in [1.54, 1.807) is 0 Å². The lowest BCUT2D eigenvalue weighted by Crippen LogP contribution is -2.44. The van der Waals surface area contributed by atoms with Crippen molar-refractivity contribution in [1.29, 1.82) is 0 Å². The molecule has 2 heterocycles. The normalized spacial score (nSPS) is 21.4. The number of carboxylic acid groups (broad SMARTS) is 1. The van der Waals surface area contributed by atoms with Gasteiger partial charge in [-0.1, -0.05) is 12.5 Å². The van der Waals surface area contributed by atoms with Gasteiger partial charge in [0.15, 0.2) is 0 Å². The summed E-state index contributed by atoms with van der Waals surface area (Å²) in [6, 6.07) is 1.74. The lowest BCUT2D eigenvalue weighted by Gasteiger charge is -2.32. The van der Waals surface area contributed by atoms with Gasteiger partial charge in [-0.3, -0.25) is 14.7 Å². The van der Waals surface area contributed by atoms with E-state index in [-0.39, 0.29) is 6.04 Å². The number of hydrogen-bond donors (Lipinski definition) is 1. The van der Waals surface area contributed by atoms with Crippen molar-refractivity contribution in [3.63, 3.8) is 0 Å². The lowest BCUT2D eigenvalue weighted by atomic mass is 10.0. The summed E-state index contributed by atoms with van der Waals surface area (Å²) in [6.07, 6.45) is 6.49. The molecule has 1 aliphatic heterocycles. The number of rotatable bonds is 3. The Morgan fingerprint density at radius 1 is 1.53 bits per heavy atom. The fraction of sp³-hybridized carbons (Fsp3) is 0.538. The van der Waals surface area contributed by atoms with Crippen LogP contribution in [0.4, 0.5) is 0 Å². The molecule has 2 rings (SSSR count). The standard InChI is InChI=1S/C13H18N2O2/c1-10-6-11(8-14-7-10)9-15-5-3-2-4-12(15)13(16)17/h6-8,12H,2-5,9H2,1H3,(H,16,17).